The summed E-state index contributed by atoms with van der Waals surface area (Å²) >= 11 is 1.15. The molecular weight excluding hydrogens is 367 g/mol. The third-order valence-electron chi connectivity index (χ3n) is 5.13. The van der Waals surface area contributed by atoms with E-state index in [1.165, 1.54) is 12.1 Å². The lowest BCUT2D eigenvalue weighted by Gasteiger charge is -2.14. The number of fused-ring (bicyclic) bond motifs is 2. The summed E-state index contributed by atoms with van der Waals surface area (Å²) in [7, 11) is 0. The number of H-pyrrole nitrogens is 1. The van der Waals surface area contributed by atoms with Gasteiger partial charge in [0.25, 0.3) is 5.56 Å². The lowest BCUT2D eigenvalue weighted by molar-refractivity contribution is 0.475. The van der Waals surface area contributed by atoms with E-state index in [9.17, 15) is 19.1 Å². The fourth-order valence-corrected chi connectivity index (χ4v) is 4.63. The van der Waals surface area contributed by atoms with Crippen molar-refractivity contribution in [2.24, 2.45) is 0 Å². The van der Waals surface area contributed by atoms with Gasteiger partial charge in [-0.05, 0) is 66.7 Å². The van der Waals surface area contributed by atoms with Crippen molar-refractivity contribution in [1.82, 2.24) is 8.94 Å². The Morgan fingerprint density at radius 2 is 1.96 bits per heavy atom. The largest absolute Gasteiger partial charge is 0.508 e. The molecule has 0 atom stereocenters. The van der Waals surface area contributed by atoms with Gasteiger partial charge in [0, 0.05) is 17.0 Å². The predicted octanol–water partition coefficient (Wildman–Crippen LogP) is 4.06. The van der Waals surface area contributed by atoms with Gasteiger partial charge in [-0.2, -0.15) is 0 Å². The maximum atomic E-state index is 14.9. The van der Waals surface area contributed by atoms with Gasteiger partial charge in [-0.1, -0.05) is 6.07 Å². The molecule has 0 spiro atoms. The van der Waals surface area contributed by atoms with E-state index in [0.717, 1.165) is 29.9 Å². The molecule has 2 heterocycles. The van der Waals surface area contributed by atoms with Gasteiger partial charge in [0.05, 0.1) is 5.52 Å². The second-order valence-corrected chi connectivity index (χ2v) is 7.79. The second-order valence-electron chi connectivity index (χ2n) is 6.99. The van der Waals surface area contributed by atoms with E-state index < -0.39 is 16.8 Å². The normalized spacial score (nSPS) is 14.3. The fourth-order valence-electron chi connectivity index (χ4n) is 3.70. The van der Waals surface area contributed by atoms with Crippen LogP contribution in [0.2, 0.25) is 0 Å². The van der Waals surface area contributed by atoms with Crippen molar-refractivity contribution in [2.45, 2.75) is 25.8 Å². The molecule has 1 aliphatic carbocycles. The Hall–Kier alpha value is -2.93. The standard InChI is InChI=1S/C20H15FN2O3S/c1-9-6-11(24)4-5-12(9)13-8-16-14(7-15(13)21)18(25)17-19(26)22-27-20(17)23(16)10-2-3-10/h4-8,10,24H,2-3H2,1H3,(H,22,26). The molecule has 0 aliphatic heterocycles. The molecule has 5 rings (SSSR count). The topological polar surface area (TPSA) is 75.1 Å². The van der Waals surface area contributed by atoms with Crippen LogP contribution in [-0.4, -0.2) is 14.0 Å². The maximum Gasteiger partial charge on any atom is 0.271 e. The van der Waals surface area contributed by atoms with Gasteiger partial charge in [0.15, 0.2) is 0 Å². The molecule has 4 aromatic rings. The Morgan fingerprint density at radius 3 is 2.67 bits per heavy atom. The monoisotopic (exact) mass is 382 g/mol. The number of phenolic OH excluding ortho intramolecular Hbond substituents is 1. The van der Waals surface area contributed by atoms with Crippen LogP contribution in [0, 0.1) is 12.7 Å². The lowest BCUT2D eigenvalue weighted by Crippen LogP contribution is -2.15. The third-order valence-corrected chi connectivity index (χ3v) is 6.01. The average molecular weight is 382 g/mol. The van der Waals surface area contributed by atoms with Crippen molar-refractivity contribution in [3.63, 3.8) is 0 Å². The highest BCUT2D eigenvalue weighted by Crippen LogP contribution is 2.41. The second kappa shape index (κ2) is 5.53. The number of nitrogens with zero attached hydrogens (tertiary/aromatic N) is 1. The van der Waals surface area contributed by atoms with Crippen LogP contribution in [0.25, 0.3) is 32.2 Å². The summed E-state index contributed by atoms with van der Waals surface area (Å²) in [5.41, 5.74) is 1.54. The molecule has 1 fully saturated rings. The van der Waals surface area contributed by atoms with E-state index in [4.69, 9.17) is 0 Å². The molecule has 2 aromatic carbocycles. The highest BCUT2D eigenvalue weighted by Gasteiger charge is 2.29. The van der Waals surface area contributed by atoms with Gasteiger partial charge < -0.3 is 9.67 Å². The SMILES string of the molecule is Cc1cc(O)ccc1-c1cc2c(cc1F)c(=O)c1c(=O)[nH]sc1n2C1CC1. The zero-order chi connectivity index (χ0) is 18.9. The van der Waals surface area contributed by atoms with E-state index in [1.54, 1.807) is 25.1 Å². The number of halogens is 1. The van der Waals surface area contributed by atoms with Gasteiger partial charge in [0.2, 0.25) is 5.43 Å². The number of hydrogen-bond acceptors (Lipinski definition) is 4. The van der Waals surface area contributed by atoms with Crippen LogP contribution in [0.15, 0.2) is 39.9 Å². The van der Waals surface area contributed by atoms with Gasteiger partial charge in [-0.15, -0.1) is 0 Å². The van der Waals surface area contributed by atoms with Crippen LogP contribution in [0.1, 0.15) is 24.4 Å². The molecule has 1 aliphatic rings. The molecule has 0 amide bonds. The van der Waals surface area contributed by atoms with E-state index >= 15 is 0 Å². The van der Waals surface area contributed by atoms with E-state index in [1.807, 2.05) is 4.57 Å². The van der Waals surface area contributed by atoms with Crippen molar-refractivity contribution in [3.05, 3.63) is 62.3 Å². The van der Waals surface area contributed by atoms with E-state index in [-0.39, 0.29) is 22.6 Å². The molecule has 0 saturated heterocycles. The van der Waals surface area contributed by atoms with Crippen LogP contribution in [0.4, 0.5) is 4.39 Å². The van der Waals surface area contributed by atoms with Crippen LogP contribution in [0.3, 0.4) is 0 Å². The number of aryl methyl sites for hydroxylation is 1. The van der Waals surface area contributed by atoms with Crippen LogP contribution in [-0.2, 0) is 0 Å². The van der Waals surface area contributed by atoms with Gasteiger partial charge >= 0.3 is 0 Å². The first kappa shape index (κ1) is 16.3. The number of hydrogen-bond donors (Lipinski definition) is 2. The molecule has 7 heteroatoms. The summed E-state index contributed by atoms with van der Waals surface area (Å²) in [4.78, 5) is 25.6. The number of rotatable bonds is 2. The molecule has 1 saturated carbocycles. The average Bonchev–Trinajstić information content (AvgIpc) is 3.38. The molecule has 0 unspecified atom stereocenters. The summed E-state index contributed by atoms with van der Waals surface area (Å²) in [5, 5.41) is 9.96. The van der Waals surface area contributed by atoms with Crippen molar-refractivity contribution in [1.29, 1.82) is 0 Å². The maximum absolute atomic E-state index is 14.9. The Bertz CT molecular complexity index is 1360. The first-order chi connectivity index (χ1) is 13.0. The number of aromatic nitrogens is 2. The van der Waals surface area contributed by atoms with Crippen LogP contribution < -0.4 is 11.0 Å². The predicted molar refractivity (Wildman–Crippen MR) is 104 cm³/mol. The van der Waals surface area contributed by atoms with Gasteiger partial charge in [0.1, 0.15) is 21.8 Å². The van der Waals surface area contributed by atoms with Gasteiger partial charge in [-0.3, -0.25) is 14.0 Å². The number of nitrogens with one attached hydrogen (secondary N) is 1. The summed E-state index contributed by atoms with van der Waals surface area (Å²) in [6.45, 7) is 1.80. The molecule has 0 radical (unpaired) electrons. The highest BCUT2D eigenvalue weighted by atomic mass is 32.1. The number of aromatic amines is 1. The Balaban J connectivity index is 1.93. The minimum Gasteiger partial charge on any atom is -0.508 e. The third kappa shape index (κ3) is 2.35. The molecule has 27 heavy (non-hydrogen) atoms. The summed E-state index contributed by atoms with van der Waals surface area (Å²) < 4.78 is 19.6. The molecule has 5 nitrogen and oxygen atoms in total. The van der Waals surface area contributed by atoms with E-state index in [0.29, 0.717) is 21.5 Å². The molecule has 136 valence electrons. The number of benzene rings is 2. The smallest absolute Gasteiger partial charge is 0.271 e. The first-order valence-corrected chi connectivity index (χ1v) is 9.46. The minimum atomic E-state index is -0.526. The highest BCUT2D eigenvalue weighted by molar-refractivity contribution is 7.12. The first-order valence-electron chi connectivity index (χ1n) is 8.64. The Morgan fingerprint density at radius 1 is 1.19 bits per heavy atom. The van der Waals surface area contributed by atoms with Crippen molar-refractivity contribution >= 4 is 32.7 Å². The van der Waals surface area contributed by atoms with Crippen LogP contribution in [0.5, 0.6) is 5.75 Å². The summed E-state index contributed by atoms with van der Waals surface area (Å²) in [6, 6.07) is 7.89. The quantitative estimate of drug-likeness (QED) is 0.549. The Labute approximate surface area is 156 Å². The number of phenols is 1. The zero-order valence-electron chi connectivity index (χ0n) is 14.4. The van der Waals surface area contributed by atoms with Crippen molar-refractivity contribution < 1.29 is 9.50 Å². The van der Waals surface area contributed by atoms with E-state index in [2.05, 4.69) is 4.37 Å². The molecule has 0 bridgehead atoms. The molecular formula is C20H15FN2O3S. The minimum absolute atomic E-state index is 0.104. The Kier molecular flexibility index (Phi) is 3.33. The number of aromatic hydroxyl groups is 1. The van der Waals surface area contributed by atoms with Crippen LogP contribution >= 0.6 is 11.5 Å². The summed E-state index contributed by atoms with van der Waals surface area (Å²) in [6.07, 6.45) is 1.92. The molecule has 2 N–H and O–H groups in total. The fraction of sp³-hybridized carbons (Fsp3) is 0.200. The van der Waals surface area contributed by atoms with Crippen molar-refractivity contribution in [2.75, 3.05) is 0 Å². The summed E-state index contributed by atoms with van der Waals surface area (Å²) in [5.74, 6) is -0.409. The molecule has 2 aromatic heterocycles. The van der Waals surface area contributed by atoms with Crippen molar-refractivity contribution in [3.8, 4) is 16.9 Å². The zero-order valence-corrected chi connectivity index (χ0v) is 15.2. The lowest BCUT2D eigenvalue weighted by atomic mass is 9.98. The number of pyridine rings is 1. The van der Waals surface area contributed by atoms with Gasteiger partial charge in [-0.25, -0.2) is 4.39 Å².